The number of ether oxygens (including phenoxy) is 1. The number of rotatable bonds is 5. The van der Waals surface area contributed by atoms with Crippen molar-refractivity contribution < 1.29 is 14.3 Å². The van der Waals surface area contributed by atoms with Crippen molar-refractivity contribution >= 4 is 17.6 Å². The number of methoxy groups -OCH3 is 1. The van der Waals surface area contributed by atoms with Crippen LogP contribution < -0.4 is 11.1 Å². The third-order valence-corrected chi connectivity index (χ3v) is 4.13. The van der Waals surface area contributed by atoms with Crippen molar-refractivity contribution in [3.63, 3.8) is 0 Å². The number of carbonyl (C=O) groups excluding carboxylic acids is 2. The van der Waals surface area contributed by atoms with Gasteiger partial charge >= 0.3 is 6.03 Å². The number of benzene rings is 1. The number of aryl methyl sites for hydroxylation is 1. The van der Waals surface area contributed by atoms with Gasteiger partial charge in [-0.1, -0.05) is 24.3 Å². The average molecular weight is 317 g/mol. The molecule has 1 heterocycles. The van der Waals surface area contributed by atoms with E-state index in [0.29, 0.717) is 31.7 Å². The fourth-order valence-electron chi connectivity index (χ4n) is 2.96. The third-order valence-electron chi connectivity index (χ3n) is 4.13. The van der Waals surface area contributed by atoms with Gasteiger partial charge in [0.05, 0.1) is 0 Å². The van der Waals surface area contributed by atoms with Gasteiger partial charge in [0.1, 0.15) is 5.54 Å². The average Bonchev–Trinajstić information content (AvgIpc) is 2.83. The maximum atomic E-state index is 12.7. The molecule has 6 nitrogen and oxygen atoms in total. The first kappa shape index (κ1) is 17.0. The van der Waals surface area contributed by atoms with Crippen LogP contribution in [0.5, 0.6) is 0 Å². The Morgan fingerprint density at radius 2 is 2.22 bits per heavy atom. The van der Waals surface area contributed by atoms with Gasteiger partial charge in [0.2, 0.25) is 5.91 Å². The summed E-state index contributed by atoms with van der Waals surface area (Å²) in [6.07, 6.45) is 0.714. The van der Waals surface area contributed by atoms with Crippen LogP contribution in [-0.2, 0) is 9.53 Å². The number of primary amides is 1. The van der Waals surface area contributed by atoms with Crippen LogP contribution in [0.3, 0.4) is 0 Å². The van der Waals surface area contributed by atoms with E-state index in [-0.39, 0.29) is 6.03 Å². The van der Waals surface area contributed by atoms with Gasteiger partial charge in [-0.25, -0.2) is 4.79 Å². The molecule has 0 bridgehead atoms. The van der Waals surface area contributed by atoms with Crippen molar-refractivity contribution in [2.75, 3.05) is 25.6 Å². The fourth-order valence-corrected chi connectivity index (χ4v) is 2.96. The summed E-state index contributed by atoms with van der Waals surface area (Å²) in [4.78, 5) is 26.3. The van der Waals surface area contributed by atoms with Gasteiger partial charge in [-0.2, -0.15) is 0 Å². The van der Waals surface area contributed by atoms with Crippen LogP contribution in [0.2, 0.25) is 0 Å². The van der Waals surface area contributed by atoms with E-state index in [0.717, 1.165) is 11.1 Å². The van der Waals surface area contributed by atoms with Crippen LogP contribution in [-0.4, -0.2) is 42.6 Å². The number of hydrogen-bond acceptors (Lipinski definition) is 3. The number of urea groups is 1. The lowest BCUT2D eigenvalue weighted by molar-refractivity contribution is -0.128. The standard InChI is InChI=1S/C17H23N3O3/c1-12-5-4-6-14(9-12)19-16(22)20-11-13(2)10-17(20,15(18)21)7-8-23-3/h4-6,9H,2,7-8,10-11H2,1,3H3,(H2,18,21)(H,19,22). The Balaban J connectivity index is 2.24. The highest BCUT2D eigenvalue weighted by Crippen LogP contribution is 2.35. The van der Waals surface area contributed by atoms with Crippen molar-refractivity contribution in [3.8, 4) is 0 Å². The first-order valence-electron chi connectivity index (χ1n) is 7.50. The minimum Gasteiger partial charge on any atom is -0.385 e. The molecule has 1 atom stereocenters. The fraction of sp³-hybridized carbons (Fsp3) is 0.412. The quantitative estimate of drug-likeness (QED) is 0.815. The zero-order chi connectivity index (χ0) is 17.0. The molecule has 1 unspecified atom stereocenters. The number of carbonyl (C=O) groups is 2. The van der Waals surface area contributed by atoms with Gasteiger partial charge in [0.15, 0.2) is 0 Å². The van der Waals surface area contributed by atoms with Gasteiger partial charge in [0, 0.05) is 38.8 Å². The Morgan fingerprint density at radius 3 is 2.83 bits per heavy atom. The van der Waals surface area contributed by atoms with Gasteiger partial charge in [-0.15, -0.1) is 0 Å². The molecular formula is C17H23N3O3. The molecule has 2 rings (SSSR count). The molecule has 0 spiro atoms. The number of nitrogens with zero attached hydrogens (tertiary/aromatic N) is 1. The summed E-state index contributed by atoms with van der Waals surface area (Å²) < 4.78 is 5.08. The highest BCUT2D eigenvalue weighted by molar-refractivity contribution is 5.96. The van der Waals surface area contributed by atoms with Crippen molar-refractivity contribution in [3.05, 3.63) is 42.0 Å². The van der Waals surface area contributed by atoms with Crippen LogP contribution in [0, 0.1) is 6.92 Å². The Morgan fingerprint density at radius 1 is 1.48 bits per heavy atom. The van der Waals surface area contributed by atoms with E-state index in [1.165, 1.54) is 4.90 Å². The topological polar surface area (TPSA) is 84.7 Å². The maximum Gasteiger partial charge on any atom is 0.323 e. The van der Waals surface area contributed by atoms with Crippen molar-refractivity contribution in [1.29, 1.82) is 0 Å². The lowest BCUT2D eigenvalue weighted by Crippen LogP contribution is -2.57. The lowest BCUT2D eigenvalue weighted by Gasteiger charge is -2.35. The molecule has 3 amide bonds. The zero-order valence-corrected chi connectivity index (χ0v) is 13.6. The molecule has 6 heteroatoms. The van der Waals surface area contributed by atoms with Crippen LogP contribution in [0.1, 0.15) is 18.4 Å². The second-order valence-electron chi connectivity index (χ2n) is 5.95. The zero-order valence-electron chi connectivity index (χ0n) is 13.6. The number of anilines is 1. The van der Waals surface area contributed by atoms with Crippen LogP contribution in [0.15, 0.2) is 36.4 Å². The smallest absolute Gasteiger partial charge is 0.323 e. The molecule has 0 radical (unpaired) electrons. The predicted molar refractivity (Wildman–Crippen MR) is 89.1 cm³/mol. The molecular weight excluding hydrogens is 294 g/mol. The highest BCUT2D eigenvalue weighted by Gasteiger charge is 2.49. The predicted octanol–water partition coefficient (Wildman–Crippen LogP) is 2.05. The second kappa shape index (κ2) is 6.83. The summed E-state index contributed by atoms with van der Waals surface area (Å²) in [5, 5.41) is 2.83. The van der Waals surface area contributed by atoms with E-state index in [1.807, 2.05) is 25.1 Å². The van der Waals surface area contributed by atoms with E-state index in [2.05, 4.69) is 11.9 Å². The number of nitrogens with two attached hydrogens (primary N) is 1. The molecule has 1 aliphatic rings. The molecule has 1 saturated heterocycles. The Hall–Kier alpha value is -2.34. The lowest BCUT2D eigenvalue weighted by atomic mass is 9.90. The minimum absolute atomic E-state index is 0.310. The molecule has 0 aliphatic carbocycles. The van der Waals surface area contributed by atoms with Crippen LogP contribution in [0.4, 0.5) is 10.5 Å². The summed E-state index contributed by atoms with van der Waals surface area (Å²) in [6, 6.07) is 7.12. The first-order chi connectivity index (χ1) is 10.9. The summed E-state index contributed by atoms with van der Waals surface area (Å²) in [5.74, 6) is -0.535. The maximum absolute atomic E-state index is 12.7. The SMILES string of the molecule is C=C1CN(C(=O)Nc2cccc(C)c2)C(CCOC)(C(N)=O)C1. The van der Waals surface area contributed by atoms with Crippen molar-refractivity contribution in [1.82, 2.24) is 4.90 Å². The monoisotopic (exact) mass is 317 g/mol. The Labute approximate surface area is 136 Å². The molecule has 0 saturated carbocycles. The molecule has 0 aromatic heterocycles. The normalized spacial score (nSPS) is 20.6. The van der Waals surface area contributed by atoms with Gasteiger partial charge in [0.25, 0.3) is 0 Å². The third kappa shape index (κ3) is 3.53. The van der Waals surface area contributed by atoms with Crippen LogP contribution >= 0.6 is 0 Å². The van der Waals surface area contributed by atoms with Gasteiger partial charge in [-0.3, -0.25) is 4.79 Å². The van der Waals surface area contributed by atoms with E-state index in [1.54, 1.807) is 13.2 Å². The number of likely N-dealkylation sites (tertiary alicyclic amines) is 1. The number of hydrogen-bond donors (Lipinski definition) is 2. The molecule has 124 valence electrons. The van der Waals surface area contributed by atoms with Gasteiger partial charge < -0.3 is 20.7 Å². The highest BCUT2D eigenvalue weighted by atomic mass is 16.5. The Kier molecular flexibility index (Phi) is 5.05. The van der Waals surface area contributed by atoms with Gasteiger partial charge in [-0.05, 0) is 24.6 Å². The molecule has 1 aliphatic heterocycles. The second-order valence-corrected chi connectivity index (χ2v) is 5.95. The Bertz CT molecular complexity index is 629. The van der Waals surface area contributed by atoms with E-state index >= 15 is 0 Å². The minimum atomic E-state index is -1.08. The molecule has 1 fully saturated rings. The molecule has 3 N–H and O–H groups in total. The van der Waals surface area contributed by atoms with Crippen LogP contribution in [0.25, 0.3) is 0 Å². The summed E-state index contributed by atoms with van der Waals surface area (Å²) in [6.45, 7) is 6.52. The van der Waals surface area contributed by atoms with E-state index in [4.69, 9.17) is 10.5 Å². The molecule has 1 aromatic carbocycles. The molecule has 23 heavy (non-hydrogen) atoms. The summed E-state index contributed by atoms with van der Waals surface area (Å²) in [7, 11) is 1.55. The summed E-state index contributed by atoms with van der Waals surface area (Å²) >= 11 is 0. The largest absolute Gasteiger partial charge is 0.385 e. The van der Waals surface area contributed by atoms with Crippen molar-refractivity contribution in [2.45, 2.75) is 25.3 Å². The first-order valence-corrected chi connectivity index (χ1v) is 7.50. The van der Waals surface area contributed by atoms with Crippen molar-refractivity contribution in [2.24, 2.45) is 5.73 Å². The number of amides is 3. The van der Waals surface area contributed by atoms with E-state index in [9.17, 15) is 9.59 Å². The number of nitrogens with one attached hydrogen (secondary N) is 1. The van der Waals surface area contributed by atoms with E-state index < -0.39 is 11.4 Å². The summed E-state index contributed by atoms with van der Waals surface area (Å²) in [5.41, 5.74) is 7.06. The molecule has 1 aromatic rings.